The summed E-state index contributed by atoms with van der Waals surface area (Å²) in [6.07, 6.45) is -2.97. The molecule has 2 heterocycles. The molecular weight excluding hydrogens is 325 g/mol. The first-order valence-corrected chi connectivity index (χ1v) is 7.03. The highest BCUT2D eigenvalue weighted by atomic mass is 19.4. The highest BCUT2D eigenvalue weighted by molar-refractivity contribution is 6.19. The minimum Gasteiger partial charge on any atom is -0.318 e. The molecule has 0 aliphatic carbocycles. The van der Waals surface area contributed by atoms with Crippen molar-refractivity contribution in [3.05, 3.63) is 47.7 Å². The number of halogens is 3. The maximum atomic E-state index is 12.6. The second-order valence-electron chi connectivity index (χ2n) is 5.41. The van der Waals surface area contributed by atoms with Crippen LogP contribution in [0.5, 0.6) is 0 Å². The lowest BCUT2D eigenvalue weighted by Crippen LogP contribution is -2.33. The van der Waals surface area contributed by atoms with Crippen LogP contribution in [0.1, 0.15) is 11.1 Å². The molecule has 9 heteroatoms. The van der Waals surface area contributed by atoms with Gasteiger partial charge in [0.2, 0.25) is 0 Å². The van der Waals surface area contributed by atoms with Crippen LogP contribution in [-0.4, -0.2) is 40.2 Å². The predicted octanol–water partition coefficient (Wildman–Crippen LogP) is 2.35. The van der Waals surface area contributed by atoms with Gasteiger partial charge in [0.15, 0.2) is 0 Å². The molecule has 0 N–H and O–H groups in total. The number of hydrogen-bond donors (Lipinski definition) is 0. The zero-order chi connectivity index (χ0) is 17.5. The summed E-state index contributed by atoms with van der Waals surface area (Å²) in [5.74, 6) is -0.0917. The maximum absolute atomic E-state index is 12.6. The van der Waals surface area contributed by atoms with Crippen molar-refractivity contribution in [1.82, 2.24) is 14.7 Å². The minimum absolute atomic E-state index is 0.0235. The Balaban J connectivity index is 1.84. The van der Waals surface area contributed by atoms with E-state index in [1.54, 1.807) is 0 Å². The SMILES string of the molecule is CN1CC(=O)N(c2ccnn2Cc2ccc(C(F)(F)F)cc2)C1=O. The fourth-order valence-corrected chi connectivity index (χ4v) is 2.45. The number of nitrogens with zero attached hydrogens (tertiary/aromatic N) is 4. The van der Waals surface area contributed by atoms with Gasteiger partial charge in [0.1, 0.15) is 12.4 Å². The zero-order valence-corrected chi connectivity index (χ0v) is 12.6. The quantitative estimate of drug-likeness (QED) is 0.807. The van der Waals surface area contributed by atoms with E-state index in [1.165, 1.54) is 41.0 Å². The van der Waals surface area contributed by atoms with Crippen molar-refractivity contribution in [1.29, 1.82) is 0 Å². The van der Waals surface area contributed by atoms with Crippen LogP contribution in [0.15, 0.2) is 36.5 Å². The fraction of sp³-hybridized carbons (Fsp3) is 0.267. The summed E-state index contributed by atoms with van der Waals surface area (Å²) in [7, 11) is 1.51. The molecule has 1 saturated heterocycles. The number of anilines is 1. The molecule has 0 radical (unpaired) electrons. The summed E-state index contributed by atoms with van der Waals surface area (Å²) in [6.45, 7) is 0.117. The molecule has 1 aromatic heterocycles. The van der Waals surface area contributed by atoms with Gasteiger partial charge in [-0.2, -0.15) is 18.3 Å². The van der Waals surface area contributed by atoms with Crippen LogP contribution in [-0.2, 0) is 17.5 Å². The Morgan fingerprint density at radius 3 is 2.33 bits per heavy atom. The fourth-order valence-electron chi connectivity index (χ4n) is 2.45. The third-order valence-electron chi connectivity index (χ3n) is 3.68. The first-order chi connectivity index (χ1) is 11.3. The van der Waals surface area contributed by atoms with Crippen LogP contribution in [0.3, 0.4) is 0 Å². The van der Waals surface area contributed by atoms with Crippen molar-refractivity contribution in [2.45, 2.75) is 12.7 Å². The molecule has 1 aliphatic heterocycles. The number of imide groups is 1. The van der Waals surface area contributed by atoms with Crippen molar-refractivity contribution in [3.63, 3.8) is 0 Å². The van der Waals surface area contributed by atoms with Crippen molar-refractivity contribution in [2.75, 3.05) is 18.5 Å². The number of aromatic nitrogens is 2. The monoisotopic (exact) mass is 338 g/mol. The van der Waals surface area contributed by atoms with Crippen LogP contribution in [0.4, 0.5) is 23.8 Å². The highest BCUT2D eigenvalue weighted by Gasteiger charge is 2.36. The van der Waals surface area contributed by atoms with Gasteiger partial charge in [-0.05, 0) is 17.7 Å². The van der Waals surface area contributed by atoms with E-state index in [2.05, 4.69) is 5.10 Å². The molecule has 1 aromatic carbocycles. The molecule has 1 aliphatic rings. The molecule has 0 bridgehead atoms. The number of carbonyl (C=O) groups excluding carboxylic acids is 2. The van der Waals surface area contributed by atoms with Gasteiger partial charge < -0.3 is 4.90 Å². The normalized spacial score (nSPS) is 15.5. The van der Waals surface area contributed by atoms with Crippen molar-refractivity contribution >= 4 is 17.8 Å². The van der Waals surface area contributed by atoms with Crippen LogP contribution in [0, 0.1) is 0 Å². The van der Waals surface area contributed by atoms with Gasteiger partial charge in [-0.15, -0.1) is 0 Å². The van der Waals surface area contributed by atoms with Gasteiger partial charge in [-0.3, -0.25) is 4.79 Å². The molecule has 0 atom stereocenters. The lowest BCUT2D eigenvalue weighted by Gasteiger charge is -2.16. The topological polar surface area (TPSA) is 58.4 Å². The number of hydrogen-bond acceptors (Lipinski definition) is 3. The van der Waals surface area contributed by atoms with Crippen molar-refractivity contribution < 1.29 is 22.8 Å². The van der Waals surface area contributed by atoms with Gasteiger partial charge in [-0.25, -0.2) is 14.4 Å². The van der Waals surface area contributed by atoms with Gasteiger partial charge in [0.05, 0.1) is 18.3 Å². The first kappa shape index (κ1) is 16.0. The maximum Gasteiger partial charge on any atom is 0.416 e. The van der Waals surface area contributed by atoms with E-state index < -0.39 is 17.8 Å². The Hall–Kier alpha value is -2.84. The Labute approximate surface area is 135 Å². The predicted molar refractivity (Wildman–Crippen MR) is 78.3 cm³/mol. The Kier molecular flexibility index (Phi) is 3.78. The van der Waals surface area contributed by atoms with Crippen LogP contribution >= 0.6 is 0 Å². The summed E-state index contributed by atoms with van der Waals surface area (Å²) < 4.78 is 39.2. The number of likely N-dealkylation sites (N-methyl/N-ethyl adjacent to an activating group) is 1. The molecule has 2 aromatic rings. The van der Waals surface area contributed by atoms with Gasteiger partial charge >= 0.3 is 12.2 Å². The van der Waals surface area contributed by atoms with E-state index in [0.717, 1.165) is 17.0 Å². The molecule has 3 rings (SSSR count). The largest absolute Gasteiger partial charge is 0.416 e. The van der Waals surface area contributed by atoms with E-state index in [-0.39, 0.29) is 24.8 Å². The molecule has 126 valence electrons. The summed E-state index contributed by atoms with van der Waals surface area (Å²) in [4.78, 5) is 26.3. The Morgan fingerprint density at radius 2 is 1.79 bits per heavy atom. The standard InChI is InChI=1S/C15H13F3N4O2/c1-20-9-13(23)22(14(20)24)12-6-7-19-21(12)8-10-2-4-11(5-3-10)15(16,17)18/h2-7H,8-9H2,1H3. The average Bonchev–Trinajstić information content (AvgIpc) is 3.04. The molecule has 0 saturated carbocycles. The highest BCUT2D eigenvalue weighted by Crippen LogP contribution is 2.29. The van der Waals surface area contributed by atoms with Crippen LogP contribution < -0.4 is 4.90 Å². The molecule has 24 heavy (non-hydrogen) atoms. The second kappa shape index (κ2) is 5.66. The van der Waals surface area contributed by atoms with Crippen molar-refractivity contribution in [2.24, 2.45) is 0 Å². The Morgan fingerprint density at radius 1 is 1.12 bits per heavy atom. The summed E-state index contributed by atoms with van der Waals surface area (Å²) >= 11 is 0. The summed E-state index contributed by atoms with van der Waals surface area (Å²) in [6, 6.07) is 5.70. The lowest BCUT2D eigenvalue weighted by molar-refractivity contribution is -0.137. The van der Waals surface area contributed by atoms with E-state index >= 15 is 0 Å². The number of rotatable bonds is 3. The summed E-state index contributed by atoms with van der Waals surface area (Å²) in [5, 5.41) is 4.05. The third-order valence-corrected chi connectivity index (χ3v) is 3.68. The van der Waals surface area contributed by atoms with Crippen LogP contribution in [0.2, 0.25) is 0 Å². The number of amides is 3. The van der Waals surface area contributed by atoms with E-state index in [1.807, 2.05) is 0 Å². The molecule has 0 spiro atoms. The van der Waals surface area contributed by atoms with Crippen LogP contribution in [0.25, 0.3) is 0 Å². The second-order valence-corrected chi connectivity index (χ2v) is 5.41. The molecule has 3 amide bonds. The first-order valence-electron chi connectivity index (χ1n) is 7.03. The third kappa shape index (κ3) is 2.84. The number of benzene rings is 1. The molecular formula is C15H13F3N4O2. The molecule has 1 fully saturated rings. The van der Waals surface area contributed by atoms with Gasteiger partial charge in [0.25, 0.3) is 5.91 Å². The summed E-state index contributed by atoms with van der Waals surface area (Å²) in [5.41, 5.74) is -0.168. The number of carbonyl (C=O) groups is 2. The van der Waals surface area contributed by atoms with Gasteiger partial charge in [-0.1, -0.05) is 12.1 Å². The van der Waals surface area contributed by atoms with Crippen molar-refractivity contribution in [3.8, 4) is 0 Å². The Bertz CT molecular complexity index is 783. The van der Waals surface area contributed by atoms with E-state index in [0.29, 0.717) is 5.56 Å². The van der Waals surface area contributed by atoms with Gasteiger partial charge in [0, 0.05) is 13.1 Å². The molecule has 6 nitrogen and oxygen atoms in total. The van der Waals surface area contributed by atoms with E-state index in [4.69, 9.17) is 0 Å². The molecule has 0 unspecified atom stereocenters. The smallest absolute Gasteiger partial charge is 0.318 e. The lowest BCUT2D eigenvalue weighted by atomic mass is 10.1. The average molecular weight is 338 g/mol. The zero-order valence-electron chi connectivity index (χ0n) is 12.6. The minimum atomic E-state index is -4.39. The van der Waals surface area contributed by atoms with E-state index in [9.17, 15) is 22.8 Å². The number of alkyl halides is 3. The number of urea groups is 1.